The van der Waals surface area contributed by atoms with Crippen molar-refractivity contribution in [3.63, 3.8) is 0 Å². The van der Waals surface area contributed by atoms with Crippen molar-refractivity contribution in [2.45, 2.75) is 63.4 Å². The molecule has 2 aliphatic rings. The fourth-order valence-electron chi connectivity index (χ4n) is 6.25. The van der Waals surface area contributed by atoms with Gasteiger partial charge in [0, 0.05) is 76.2 Å². The molecule has 2 aliphatic heterocycles. The molecular formula is C34H47N9O6S. The fraction of sp³-hybridized carbons (Fsp3) is 0.529. The second-order valence-electron chi connectivity index (χ2n) is 12.6. The summed E-state index contributed by atoms with van der Waals surface area (Å²) in [5.41, 5.74) is 15.3. The average Bonchev–Trinajstić information content (AvgIpc) is 3.63. The minimum absolute atomic E-state index is 0.0140. The normalized spacial score (nSPS) is 17.5. The molecule has 2 fully saturated rings. The number of carbonyl (C=O) groups excluding carboxylic acids is 3. The van der Waals surface area contributed by atoms with E-state index in [-0.39, 0.29) is 42.9 Å². The third-order valence-electron chi connectivity index (χ3n) is 9.07. The van der Waals surface area contributed by atoms with E-state index >= 15 is 0 Å². The minimum atomic E-state index is -1.16. The maximum atomic E-state index is 13.0. The van der Waals surface area contributed by atoms with Crippen molar-refractivity contribution in [1.82, 2.24) is 29.2 Å². The lowest BCUT2D eigenvalue weighted by molar-refractivity contribution is -0.140. The van der Waals surface area contributed by atoms with E-state index in [0.29, 0.717) is 39.3 Å². The Balaban J connectivity index is 1.12. The van der Waals surface area contributed by atoms with E-state index in [9.17, 15) is 19.2 Å². The molecule has 5 rings (SSSR count). The number of nitrogens with one attached hydrogen (secondary N) is 1. The van der Waals surface area contributed by atoms with Crippen LogP contribution in [-0.2, 0) is 32.3 Å². The Hall–Kier alpha value is -4.41. The highest BCUT2D eigenvalue weighted by Gasteiger charge is 2.39. The monoisotopic (exact) mass is 709 g/mol. The summed E-state index contributed by atoms with van der Waals surface area (Å²) in [6.07, 6.45) is 5.34. The van der Waals surface area contributed by atoms with Crippen LogP contribution in [0.25, 0.3) is 11.0 Å². The van der Waals surface area contributed by atoms with Gasteiger partial charge in [-0.2, -0.15) is 4.98 Å². The van der Waals surface area contributed by atoms with Gasteiger partial charge in [-0.3, -0.25) is 29.0 Å². The summed E-state index contributed by atoms with van der Waals surface area (Å²) < 4.78 is 7.92. The second-order valence-corrected chi connectivity index (χ2v) is 13.9. The Morgan fingerprint density at radius 1 is 1.12 bits per heavy atom. The molecule has 0 saturated carbocycles. The molecule has 270 valence electrons. The lowest BCUT2D eigenvalue weighted by Crippen LogP contribution is -2.49. The summed E-state index contributed by atoms with van der Waals surface area (Å²) in [6, 6.07) is 7.08. The van der Waals surface area contributed by atoms with E-state index in [4.69, 9.17) is 21.3 Å². The first-order valence-corrected chi connectivity index (χ1v) is 18.1. The van der Waals surface area contributed by atoms with Crippen LogP contribution >= 0.6 is 11.8 Å². The zero-order chi connectivity index (χ0) is 35.8. The number of hydrogen-bond acceptors (Lipinski definition) is 12. The van der Waals surface area contributed by atoms with Crippen LogP contribution in [0.5, 0.6) is 5.75 Å². The van der Waals surface area contributed by atoms with Crippen molar-refractivity contribution in [3.8, 4) is 5.75 Å². The molecule has 16 heteroatoms. The van der Waals surface area contributed by atoms with Crippen molar-refractivity contribution in [3.05, 3.63) is 41.6 Å². The number of hydrogen-bond donors (Lipinski definition) is 4. The standard InChI is InChI=1S/C34H47N9O6S/c1-3-4-5-10-37-31-30-25(38-34(36)39-31)8-11-42(30)20-23-7-6-22(17-26(23)49-2)19-40-13-15-41(16-14-40)28(44)9-12-43-29(45)18-27(32(43)46)50-21-24(35)33(47)48/h6-8,11,17,24,27H,3-5,9-10,12-16,18-21,35H2,1-2H3,(H,47,48)(H3,36,37,38,39). The van der Waals surface area contributed by atoms with Gasteiger partial charge < -0.3 is 36.1 Å². The van der Waals surface area contributed by atoms with E-state index < -0.39 is 23.2 Å². The lowest BCUT2D eigenvalue weighted by atomic mass is 10.1. The Morgan fingerprint density at radius 3 is 2.62 bits per heavy atom. The number of piperazine rings is 1. The zero-order valence-corrected chi connectivity index (χ0v) is 29.5. The number of aromatic nitrogens is 3. The number of aliphatic carboxylic acids is 1. The Morgan fingerprint density at radius 2 is 1.90 bits per heavy atom. The van der Waals surface area contributed by atoms with E-state index in [2.05, 4.69) is 49.9 Å². The number of thioether (sulfide) groups is 1. The number of likely N-dealkylation sites (tertiary alicyclic amines) is 1. The molecule has 0 radical (unpaired) electrons. The largest absolute Gasteiger partial charge is 0.496 e. The topological polar surface area (TPSA) is 202 Å². The van der Waals surface area contributed by atoms with E-state index in [1.807, 2.05) is 12.3 Å². The molecule has 2 saturated heterocycles. The molecular weight excluding hydrogens is 662 g/mol. The predicted octanol–water partition coefficient (Wildman–Crippen LogP) is 1.98. The van der Waals surface area contributed by atoms with Crippen LogP contribution in [0.4, 0.5) is 11.8 Å². The highest BCUT2D eigenvalue weighted by atomic mass is 32.2. The summed E-state index contributed by atoms with van der Waals surface area (Å²) in [5, 5.41) is 11.7. The highest BCUT2D eigenvalue weighted by Crippen LogP contribution is 2.28. The van der Waals surface area contributed by atoms with Gasteiger partial charge in [-0.15, -0.1) is 11.8 Å². The van der Waals surface area contributed by atoms with Gasteiger partial charge in [0.25, 0.3) is 0 Å². The summed E-state index contributed by atoms with van der Waals surface area (Å²) in [4.78, 5) is 63.2. The van der Waals surface area contributed by atoms with Gasteiger partial charge in [-0.05, 0) is 24.1 Å². The highest BCUT2D eigenvalue weighted by molar-refractivity contribution is 8.00. The van der Waals surface area contributed by atoms with Crippen molar-refractivity contribution in [1.29, 1.82) is 0 Å². The number of nitrogen functional groups attached to an aromatic ring is 1. The van der Waals surface area contributed by atoms with Gasteiger partial charge >= 0.3 is 5.97 Å². The number of carboxylic acid groups (broad SMARTS) is 1. The number of benzene rings is 1. The molecule has 3 aromatic rings. The van der Waals surface area contributed by atoms with Gasteiger partial charge in [-0.1, -0.05) is 31.9 Å². The first kappa shape index (κ1) is 36.9. The van der Waals surface area contributed by atoms with Gasteiger partial charge in [-0.25, -0.2) is 4.98 Å². The lowest BCUT2D eigenvalue weighted by Gasteiger charge is -2.35. The summed E-state index contributed by atoms with van der Waals surface area (Å²) in [6.45, 7) is 6.73. The van der Waals surface area contributed by atoms with Crippen LogP contribution in [0.15, 0.2) is 30.5 Å². The van der Waals surface area contributed by atoms with E-state index in [1.54, 1.807) is 12.0 Å². The molecule has 0 aliphatic carbocycles. The molecule has 2 unspecified atom stereocenters. The van der Waals surface area contributed by atoms with Gasteiger partial charge in [0.05, 0.1) is 24.4 Å². The quantitative estimate of drug-likeness (QED) is 0.117. The average molecular weight is 710 g/mol. The number of anilines is 2. The third kappa shape index (κ3) is 9.03. The van der Waals surface area contributed by atoms with Crippen LogP contribution in [0, 0.1) is 0 Å². The second kappa shape index (κ2) is 17.0. The van der Waals surface area contributed by atoms with Gasteiger partial charge in [0.1, 0.15) is 17.3 Å². The van der Waals surface area contributed by atoms with E-state index in [0.717, 1.165) is 76.2 Å². The molecule has 0 bridgehead atoms. The number of rotatable bonds is 17. The first-order valence-electron chi connectivity index (χ1n) is 17.0. The molecule has 2 aromatic heterocycles. The molecule has 0 spiro atoms. The molecule has 3 amide bonds. The summed E-state index contributed by atoms with van der Waals surface area (Å²) in [7, 11) is 1.67. The Bertz CT molecular complexity index is 1690. The first-order chi connectivity index (χ1) is 24.1. The number of carboxylic acids is 1. The SMILES string of the molecule is CCCCCNc1nc(N)nc2ccn(Cc3ccc(CN4CCN(C(=O)CCN5C(=O)CC(SCC(N)C(=O)O)C5=O)CC4)cc3OC)c12. The van der Waals surface area contributed by atoms with Crippen LogP contribution < -0.4 is 21.5 Å². The number of ether oxygens (including phenoxy) is 1. The zero-order valence-electron chi connectivity index (χ0n) is 28.7. The number of carbonyl (C=O) groups is 4. The molecule has 4 heterocycles. The van der Waals surface area contributed by atoms with Crippen LogP contribution in [0.2, 0.25) is 0 Å². The van der Waals surface area contributed by atoms with Gasteiger partial charge in [0.15, 0.2) is 5.82 Å². The number of nitrogens with zero attached hydrogens (tertiary/aromatic N) is 6. The van der Waals surface area contributed by atoms with Crippen molar-refractivity contribution in [2.24, 2.45) is 5.73 Å². The number of fused-ring (bicyclic) bond motifs is 1. The Labute approximate surface area is 295 Å². The minimum Gasteiger partial charge on any atom is -0.496 e. The Kier molecular flexibility index (Phi) is 12.5. The fourth-order valence-corrected chi connectivity index (χ4v) is 7.36. The molecule has 1 aromatic carbocycles. The number of nitrogens with two attached hydrogens (primary N) is 2. The van der Waals surface area contributed by atoms with Crippen molar-refractivity contribution < 1.29 is 29.0 Å². The van der Waals surface area contributed by atoms with Gasteiger partial charge in [0.2, 0.25) is 23.7 Å². The van der Waals surface area contributed by atoms with Crippen molar-refractivity contribution in [2.75, 3.05) is 63.2 Å². The number of amides is 3. The molecule has 15 nitrogen and oxygen atoms in total. The van der Waals surface area contributed by atoms with E-state index in [1.165, 1.54) is 0 Å². The summed E-state index contributed by atoms with van der Waals surface area (Å²) in [5.74, 6) is -0.232. The number of methoxy groups -OCH3 is 1. The third-order valence-corrected chi connectivity index (χ3v) is 10.4. The maximum absolute atomic E-state index is 13.0. The van der Waals surface area contributed by atoms with Crippen molar-refractivity contribution >= 4 is 58.3 Å². The molecule has 6 N–H and O–H groups in total. The van der Waals surface area contributed by atoms with Crippen LogP contribution in [-0.4, -0.2) is 121 Å². The molecule has 50 heavy (non-hydrogen) atoms. The van der Waals surface area contributed by atoms with Crippen LogP contribution in [0.3, 0.4) is 0 Å². The predicted molar refractivity (Wildman–Crippen MR) is 192 cm³/mol. The smallest absolute Gasteiger partial charge is 0.321 e. The van der Waals surface area contributed by atoms with Crippen LogP contribution in [0.1, 0.15) is 50.2 Å². The molecule has 2 atom stereocenters. The number of unbranched alkanes of at least 4 members (excludes halogenated alkanes) is 2. The summed E-state index contributed by atoms with van der Waals surface area (Å²) >= 11 is 1.07. The number of imide groups is 1. The maximum Gasteiger partial charge on any atom is 0.321 e.